The van der Waals surface area contributed by atoms with Crippen LogP contribution < -0.4 is 0 Å². The topological polar surface area (TPSA) is 71.1 Å². The molecule has 1 heterocycles. The zero-order chi connectivity index (χ0) is 22.0. The van der Waals surface area contributed by atoms with Gasteiger partial charge >= 0.3 is 11.9 Å². The van der Waals surface area contributed by atoms with E-state index in [-0.39, 0.29) is 30.4 Å². The van der Waals surface area contributed by atoms with Crippen LogP contribution in [0.5, 0.6) is 0 Å². The summed E-state index contributed by atoms with van der Waals surface area (Å²) >= 11 is 0. The molecule has 0 N–H and O–H groups in total. The van der Waals surface area contributed by atoms with Crippen molar-refractivity contribution in [3.63, 3.8) is 0 Å². The van der Waals surface area contributed by atoms with E-state index in [9.17, 15) is 9.59 Å². The molecule has 0 radical (unpaired) electrons. The van der Waals surface area contributed by atoms with Crippen molar-refractivity contribution in [2.45, 2.75) is 116 Å². The van der Waals surface area contributed by atoms with Gasteiger partial charge in [-0.2, -0.15) is 0 Å². The molecule has 1 saturated heterocycles. The summed E-state index contributed by atoms with van der Waals surface area (Å²) in [5.74, 6) is -0.437. The Morgan fingerprint density at radius 3 is 2.57 bits per heavy atom. The van der Waals surface area contributed by atoms with Gasteiger partial charge in [-0.1, -0.05) is 44.8 Å². The van der Waals surface area contributed by atoms with E-state index in [0.29, 0.717) is 19.3 Å². The first-order valence-electron chi connectivity index (χ1n) is 11.7. The molecule has 30 heavy (non-hydrogen) atoms. The van der Waals surface area contributed by atoms with Crippen molar-refractivity contribution in [3.05, 3.63) is 12.2 Å². The summed E-state index contributed by atoms with van der Waals surface area (Å²) in [7, 11) is 1.41. The van der Waals surface area contributed by atoms with Gasteiger partial charge in [0.1, 0.15) is 6.10 Å². The summed E-state index contributed by atoms with van der Waals surface area (Å²) in [4.78, 5) is 22.9. The Bertz CT molecular complexity index is 484. The monoisotopic (exact) mass is 426 g/mol. The average molecular weight is 427 g/mol. The van der Waals surface area contributed by atoms with E-state index in [2.05, 4.69) is 6.92 Å². The van der Waals surface area contributed by atoms with Crippen molar-refractivity contribution in [1.29, 1.82) is 0 Å². The SMILES string of the molecule is CCCCCCC[C@H](C/C=C/[C@H](CCCC(=O)OC)OC1CCCCO1)OC(C)=O. The normalized spacial score (nSPS) is 18.8. The Morgan fingerprint density at radius 2 is 1.90 bits per heavy atom. The number of unbranched alkanes of at least 4 members (excludes halogenated alkanes) is 4. The standard InChI is InChI=1S/C24H42O6/c1-4-5-6-7-8-13-21(29-20(2)25)14-11-15-22(16-12-17-23(26)27-3)30-24-18-9-10-19-28-24/h11,15,21-22,24H,4-10,12-14,16-19H2,1-3H3/b15-11+/t21-,22-,24?/m1/s1. The van der Waals surface area contributed by atoms with Crippen LogP contribution in [0.15, 0.2) is 12.2 Å². The Hall–Kier alpha value is -1.40. The highest BCUT2D eigenvalue weighted by Gasteiger charge is 2.19. The molecule has 1 unspecified atom stereocenters. The second-order valence-corrected chi connectivity index (χ2v) is 8.04. The molecule has 0 aliphatic carbocycles. The molecule has 3 atom stereocenters. The molecule has 0 aromatic rings. The van der Waals surface area contributed by atoms with Crippen LogP contribution in [-0.4, -0.2) is 44.2 Å². The van der Waals surface area contributed by atoms with Crippen molar-refractivity contribution in [2.24, 2.45) is 0 Å². The molecule has 6 nitrogen and oxygen atoms in total. The maximum atomic E-state index is 11.5. The van der Waals surface area contributed by atoms with Gasteiger partial charge < -0.3 is 18.9 Å². The maximum absolute atomic E-state index is 11.5. The molecule has 0 amide bonds. The van der Waals surface area contributed by atoms with E-state index in [1.807, 2.05) is 12.2 Å². The lowest BCUT2D eigenvalue weighted by Gasteiger charge is -2.26. The highest BCUT2D eigenvalue weighted by molar-refractivity contribution is 5.69. The van der Waals surface area contributed by atoms with Crippen LogP contribution in [0.1, 0.15) is 97.3 Å². The van der Waals surface area contributed by atoms with Gasteiger partial charge in [-0.3, -0.25) is 9.59 Å². The first-order valence-corrected chi connectivity index (χ1v) is 11.7. The van der Waals surface area contributed by atoms with Crippen LogP contribution in [0.4, 0.5) is 0 Å². The quantitative estimate of drug-likeness (QED) is 0.185. The molecule has 0 aromatic heterocycles. The zero-order valence-corrected chi connectivity index (χ0v) is 19.2. The molecule has 1 rings (SSSR count). The van der Waals surface area contributed by atoms with Crippen LogP contribution in [-0.2, 0) is 28.5 Å². The van der Waals surface area contributed by atoms with Gasteiger partial charge in [0.25, 0.3) is 0 Å². The lowest BCUT2D eigenvalue weighted by molar-refractivity contribution is -0.179. The van der Waals surface area contributed by atoms with Crippen LogP contribution >= 0.6 is 0 Å². The number of rotatable bonds is 16. The fraction of sp³-hybridized carbons (Fsp3) is 0.833. The lowest BCUT2D eigenvalue weighted by atomic mass is 10.0. The summed E-state index contributed by atoms with van der Waals surface area (Å²) < 4.78 is 22.1. The number of hydrogen-bond acceptors (Lipinski definition) is 6. The third-order valence-electron chi connectivity index (χ3n) is 5.27. The van der Waals surface area contributed by atoms with Gasteiger partial charge in [-0.05, 0) is 44.9 Å². The third kappa shape index (κ3) is 13.8. The largest absolute Gasteiger partial charge is 0.469 e. The second-order valence-electron chi connectivity index (χ2n) is 8.04. The minimum Gasteiger partial charge on any atom is -0.469 e. The minimum atomic E-state index is -0.233. The zero-order valence-electron chi connectivity index (χ0n) is 19.2. The highest BCUT2D eigenvalue weighted by Crippen LogP contribution is 2.19. The van der Waals surface area contributed by atoms with E-state index in [1.165, 1.54) is 39.7 Å². The fourth-order valence-electron chi connectivity index (χ4n) is 3.59. The van der Waals surface area contributed by atoms with Crippen molar-refractivity contribution in [3.8, 4) is 0 Å². The number of carbonyl (C=O) groups is 2. The van der Waals surface area contributed by atoms with E-state index in [1.54, 1.807) is 0 Å². The van der Waals surface area contributed by atoms with Crippen molar-refractivity contribution in [1.82, 2.24) is 0 Å². The molecule has 174 valence electrons. The Labute approximate surface area is 182 Å². The molecular weight excluding hydrogens is 384 g/mol. The maximum Gasteiger partial charge on any atom is 0.305 e. The summed E-state index contributed by atoms with van der Waals surface area (Å²) in [6, 6.07) is 0. The van der Waals surface area contributed by atoms with Crippen LogP contribution in [0.25, 0.3) is 0 Å². The summed E-state index contributed by atoms with van der Waals surface area (Å²) in [5, 5.41) is 0. The Balaban J connectivity index is 2.53. The van der Waals surface area contributed by atoms with Crippen LogP contribution in [0, 0.1) is 0 Å². The van der Waals surface area contributed by atoms with Gasteiger partial charge in [-0.15, -0.1) is 0 Å². The highest BCUT2D eigenvalue weighted by atomic mass is 16.7. The Kier molecular flexibility index (Phi) is 15.4. The van der Waals surface area contributed by atoms with E-state index in [0.717, 1.165) is 45.1 Å². The van der Waals surface area contributed by atoms with Gasteiger partial charge in [-0.25, -0.2) is 0 Å². The van der Waals surface area contributed by atoms with E-state index < -0.39 is 0 Å². The van der Waals surface area contributed by atoms with Gasteiger partial charge in [0.15, 0.2) is 6.29 Å². The molecule has 1 aliphatic rings. The first kappa shape index (κ1) is 26.6. The van der Waals surface area contributed by atoms with Crippen molar-refractivity contribution >= 4 is 11.9 Å². The van der Waals surface area contributed by atoms with Gasteiger partial charge in [0.2, 0.25) is 0 Å². The Morgan fingerprint density at radius 1 is 1.10 bits per heavy atom. The molecular formula is C24H42O6. The molecule has 1 aliphatic heterocycles. The first-order chi connectivity index (χ1) is 14.5. The van der Waals surface area contributed by atoms with Crippen molar-refractivity contribution < 1.29 is 28.5 Å². The molecule has 6 heteroatoms. The molecule has 0 saturated carbocycles. The summed E-state index contributed by atoms with van der Waals surface area (Å²) in [6.45, 7) is 4.40. The predicted molar refractivity (Wildman–Crippen MR) is 117 cm³/mol. The number of ether oxygens (including phenoxy) is 4. The van der Waals surface area contributed by atoms with Crippen LogP contribution in [0.2, 0.25) is 0 Å². The number of carbonyl (C=O) groups excluding carboxylic acids is 2. The molecule has 0 bridgehead atoms. The summed E-state index contributed by atoms with van der Waals surface area (Å²) in [6.07, 6.45) is 16.1. The third-order valence-corrected chi connectivity index (χ3v) is 5.27. The van der Waals surface area contributed by atoms with Crippen molar-refractivity contribution in [2.75, 3.05) is 13.7 Å². The molecule has 0 spiro atoms. The number of hydrogen-bond donors (Lipinski definition) is 0. The smallest absolute Gasteiger partial charge is 0.305 e. The fourth-order valence-corrected chi connectivity index (χ4v) is 3.59. The number of methoxy groups -OCH3 is 1. The lowest BCUT2D eigenvalue weighted by Crippen LogP contribution is -2.27. The molecule has 1 fully saturated rings. The van der Waals surface area contributed by atoms with Gasteiger partial charge in [0.05, 0.1) is 13.2 Å². The molecule has 0 aromatic carbocycles. The van der Waals surface area contributed by atoms with Crippen LogP contribution in [0.3, 0.4) is 0 Å². The second kappa shape index (κ2) is 17.3. The van der Waals surface area contributed by atoms with E-state index >= 15 is 0 Å². The average Bonchev–Trinajstić information content (AvgIpc) is 2.73. The van der Waals surface area contributed by atoms with E-state index in [4.69, 9.17) is 18.9 Å². The number of esters is 2. The summed E-state index contributed by atoms with van der Waals surface area (Å²) in [5.41, 5.74) is 0. The van der Waals surface area contributed by atoms with Gasteiger partial charge in [0, 0.05) is 26.4 Å². The predicted octanol–water partition coefficient (Wildman–Crippen LogP) is 5.48. The minimum absolute atomic E-state index is 0.0953.